The number of rotatable bonds is 5. The molecule has 0 radical (unpaired) electrons. The van der Waals surface area contributed by atoms with E-state index in [0.29, 0.717) is 22.8 Å². The lowest BCUT2D eigenvalue weighted by molar-refractivity contribution is 0.0693. The quantitative estimate of drug-likeness (QED) is 0.784. The summed E-state index contributed by atoms with van der Waals surface area (Å²) in [5.74, 6) is 0.700. The number of carboxylic acid groups (broad SMARTS) is 1. The van der Waals surface area contributed by atoms with Crippen molar-refractivity contribution in [2.75, 3.05) is 7.11 Å². The Balaban J connectivity index is 1.97. The minimum atomic E-state index is -1.09. The summed E-state index contributed by atoms with van der Waals surface area (Å²) >= 11 is 0. The zero-order valence-electron chi connectivity index (χ0n) is 11.9. The first kappa shape index (κ1) is 13.9. The Bertz CT molecular complexity index is 812. The van der Waals surface area contributed by atoms with Crippen molar-refractivity contribution in [3.8, 4) is 11.5 Å². The molecule has 112 valence electrons. The summed E-state index contributed by atoms with van der Waals surface area (Å²) in [6, 6.07) is 12.7. The van der Waals surface area contributed by atoms with E-state index in [4.69, 9.17) is 9.47 Å². The van der Waals surface area contributed by atoms with Crippen LogP contribution in [0.1, 0.15) is 16.3 Å². The van der Waals surface area contributed by atoms with E-state index in [2.05, 4.69) is 4.98 Å². The molecule has 0 saturated carbocycles. The second-order valence-electron chi connectivity index (χ2n) is 4.61. The number of nitrogens with zero attached hydrogens (tertiary/aromatic N) is 2. The maximum Gasteiger partial charge on any atom is 0.356 e. The van der Waals surface area contributed by atoms with Gasteiger partial charge in [-0.15, -0.1) is 0 Å². The van der Waals surface area contributed by atoms with Gasteiger partial charge in [0, 0.05) is 12.3 Å². The zero-order chi connectivity index (χ0) is 15.5. The third-order valence-corrected chi connectivity index (χ3v) is 3.24. The van der Waals surface area contributed by atoms with E-state index in [9.17, 15) is 9.90 Å². The number of aromatic carboxylic acids is 1. The van der Waals surface area contributed by atoms with Crippen LogP contribution >= 0.6 is 0 Å². The summed E-state index contributed by atoms with van der Waals surface area (Å²) in [5, 5.41) is 9.29. The Morgan fingerprint density at radius 1 is 1.23 bits per heavy atom. The van der Waals surface area contributed by atoms with Crippen molar-refractivity contribution >= 4 is 11.5 Å². The van der Waals surface area contributed by atoms with Crippen LogP contribution in [0.3, 0.4) is 0 Å². The van der Waals surface area contributed by atoms with Crippen molar-refractivity contribution in [1.82, 2.24) is 9.38 Å². The van der Waals surface area contributed by atoms with Gasteiger partial charge in [-0.25, -0.2) is 9.78 Å². The summed E-state index contributed by atoms with van der Waals surface area (Å²) in [5.41, 5.74) is 0.448. The van der Waals surface area contributed by atoms with Gasteiger partial charge in [0.05, 0.1) is 12.6 Å². The fourth-order valence-corrected chi connectivity index (χ4v) is 2.18. The molecule has 3 rings (SSSR count). The van der Waals surface area contributed by atoms with Crippen LogP contribution in [0, 0.1) is 0 Å². The van der Waals surface area contributed by atoms with E-state index in [1.54, 1.807) is 22.7 Å². The van der Waals surface area contributed by atoms with E-state index in [-0.39, 0.29) is 12.3 Å². The molecule has 0 fully saturated rings. The number of ether oxygens (including phenoxy) is 2. The van der Waals surface area contributed by atoms with Crippen molar-refractivity contribution < 1.29 is 19.4 Å². The number of aromatic nitrogens is 2. The summed E-state index contributed by atoms with van der Waals surface area (Å²) in [6.07, 6.45) is 1.72. The van der Waals surface area contributed by atoms with Crippen molar-refractivity contribution in [3.63, 3.8) is 0 Å². The van der Waals surface area contributed by atoms with Crippen molar-refractivity contribution in [3.05, 3.63) is 60.2 Å². The lowest BCUT2D eigenvalue weighted by Gasteiger charge is -2.06. The Hall–Kier alpha value is -3.02. The van der Waals surface area contributed by atoms with Gasteiger partial charge in [-0.05, 0) is 18.2 Å². The van der Waals surface area contributed by atoms with Crippen LogP contribution in [-0.4, -0.2) is 27.6 Å². The molecule has 0 spiro atoms. The van der Waals surface area contributed by atoms with Crippen LogP contribution in [0.15, 0.2) is 48.7 Å². The summed E-state index contributed by atoms with van der Waals surface area (Å²) in [4.78, 5) is 15.5. The number of fused-ring (bicyclic) bond motifs is 1. The van der Waals surface area contributed by atoms with Crippen LogP contribution in [0.25, 0.3) is 5.52 Å². The van der Waals surface area contributed by atoms with Crippen molar-refractivity contribution in [1.29, 1.82) is 0 Å². The van der Waals surface area contributed by atoms with Crippen molar-refractivity contribution in [2.45, 2.75) is 6.61 Å². The van der Waals surface area contributed by atoms with Crippen LogP contribution < -0.4 is 9.47 Å². The lowest BCUT2D eigenvalue weighted by atomic mass is 10.3. The van der Waals surface area contributed by atoms with Gasteiger partial charge in [0.1, 0.15) is 18.1 Å². The predicted molar refractivity (Wildman–Crippen MR) is 79.5 cm³/mol. The number of para-hydroxylation sites is 1. The Labute approximate surface area is 126 Å². The van der Waals surface area contributed by atoms with Crippen LogP contribution in [0.2, 0.25) is 0 Å². The fraction of sp³-hybridized carbons (Fsp3) is 0.125. The summed E-state index contributed by atoms with van der Waals surface area (Å²) in [7, 11) is 1.53. The second-order valence-corrected chi connectivity index (χ2v) is 4.61. The number of carboxylic acids is 1. The highest BCUT2D eigenvalue weighted by molar-refractivity contribution is 5.94. The highest BCUT2D eigenvalue weighted by atomic mass is 16.5. The molecule has 1 N–H and O–H groups in total. The molecular formula is C16H14N2O4. The number of benzene rings is 1. The van der Waals surface area contributed by atoms with E-state index < -0.39 is 5.97 Å². The maximum absolute atomic E-state index is 11.3. The van der Waals surface area contributed by atoms with Gasteiger partial charge in [-0.3, -0.25) is 4.40 Å². The molecule has 6 nitrogen and oxygen atoms in total. The molecule has 0 saturated heterocycles. The molecule has 6 heteroatoms. The fourth-order valence-electron chi connectivity index (χ4n) is 2.18. The normalized spacial score (nSPS) is 10.6. The number of imidazole rings is 1. The topological polar surface area (TPSA) is 73.1 Å². The Morgan fingerprint density at radius 2 is 2.00 bits per heavy atom. The standard InChI is InChI=1S/C16H14N2O4/c1-21-12-7-8-18-13(9-12)15(16(19)20)17-14(18)10-22-11-5-3-2-4-6-11/h2-9H,10H2,1H3,(H,19,20). The molecule has 0 bridgehead atoms. The van der Waals surface area contributed by atoms with Gasteiger partial charge in [-0.2, -0.15) is 0 Å². The minimum Gasteiger partial charge on any atom is -0.497 e. The molecule has 3 aromatic rings. The first-order valence-corrected chi connectivity index (χ1v) is 6.65. The van der Waals surface area contributed by atoms with Gasteiger partial charge in [0.15, 0.2) is 11.5 Å². The summed E-state index contributed by atoms with van der Waals surface area (Å²) in [6.45, 7) is 0.171. The number of methoxy groups -OCH3 is 1. The largest absolute Gasteiger partial charge is 0.497 e. The smallest absolute Gasteiger partial charge is 0.356 e. The first-order chi connectivity index (χ1) is 10.7. The van der Waals surface area contributed by atoms with Crippen LogP contribution in [0.5, 0.6) is 11.5 Å². The monoisotopic (exact) mass is 298 g/mol. The molecule has 22 heavy (non-hydrogen) atoms. The molecule has 0 aliphatic rings. The number of carbonyl (C=O) groups is 1. The maximum atomic E-state index is 11.3. The van der Waals surface area contributed by atoms with Gasteiger partial charge in [0.2, 0.25) is 0 Å². The van der Waals surface area contributed by atoms with E-state index in [0.717, 1.165) is 0 Å². The van der Waals surface area contributed by atoms with Gasteiger partial charge in [-0.1, -0.05) is 18.2 Å². The highest BCUT2D eigenvalue weighted by Crippen LogP contribution is 2.20. The SMILES string of the molecule is COc1ccn2c(COc3ccccc3)nc(C(=O)O)c2c1. The second kappa shape index (κ2) is 5.77. The number of hydrogen-bond acceptors (Lipinski definition) is 4. The minimum absolute atomic E-state index is 0.0226. The zero-order valence-corrected chi connectivity index (χ0v) is 11.9. The molecule has 0 aliphatic heterocycles. The van der Waals surface area contributed by atoms with Gasteiger partial charge < -0.3 is 14.6 Å². The van der Waals surface area contributed by atoms with E-state index >= 15 is 0 Å². The Morgan fingerprint density at radius 3 is 2.68 bits per heavy atom. The van der Waals surface area contributed by atoms with Crippen molar-refractivity contribution in [2.24, 2.45) is 0 Å². The van der Waals surface area contributed by atoms with E-state index in [1.807, 2.05) is 30.3 Å². The Kier molecular flexibility index (Phi) is 3.65. The molecular weight excluding hydrogens is 284 g/mol. The molecule has 0 unspecified atom stereocenters. The molecule has 0 amide bonds. The third-order valence-electron chi connectivity index (χ3n) is 3.24. The first-order valence-electron chi connectivity index (χ1n) is 6.65. The average molecular weight is 298 g/mol. The van der Waals surface area contributed by atoms with Crippen LogP contribution in [0.4, 0.5) is 0 Å². The number of pyridine rings is 1. The molecule has 2 heterocycles. The molecule has 1 aromatic carbocycles. The van der Waals surface area contributed by atoms with Gasteiger partial charge in [0.25, 0.3) is 0 Å². The molecule has 0 aliphatic carbocycles. The third kappa shape index (κ3) is 2.58. The molecule has 0 atom stereocenters. The molecule has 2 aromatic heterocycles. The van der Waals surface area contributed by atoms with Crippen LogP contribution in [-0.2, 0) is 6.61 Å². The summed E-state index contributed by atoms with van der Waals surface area (Å²) < 4.78 is 12.5. The number of hydrogen-bond donors (Lipinski definition) is 1. The highest BCUT2D eigenvalue weighted by Gasteiger charge is 2.17. The lowest BCUT2D eigenvalue weighted by Crippen LogP contribution is -2.01. The predicted octanol–water partition coefficient (Wildman–Crippen LogP) is 2.62. The van der Waals surface area contributed by atoms with E-state index in [1.165, 1.54) is 7.11 Å². The van der Waals surface area contributed by atoms with Gasteiger partial charge >= 0.3 is 5.97 Å². The average Bonchev–Trinajstić information content (AvgIpc) is 2.92.